The Labute approximate surface area is 122 Å². The van der Waals surface area contributed by atoms with E-state index in [1.54, 1.807) is 31.2 Å². The van der Waals surface area contributed by atoms with E-state index in [1.165, 1.54) is 24.3 Å². The van der Waals surface area contributed by atoms with Gasteiger partial charge in [0.2, 0.25) is 0 Å². The first kappa shape index (κ1) is 15.0. The first-order valence-corrected chi connectivity index (χ1v) is 6.53. The van der Waals surface area contributed by atoms with E-state index < -0.39 is 0 Å². The van der Waals surface area contributed by atoms with E-state index in [4.69, 9.17) is 9.84 Å². The number of hydrogen-bond donors (Lipinski definition) is 2. The summed E-state index contributed by atoms with van der Waals surface area (Å²) in [6.07, 6.45) is 0. The van der Waals surface area contributed by atoms with Crippen molar-refractivity contribution in [1.29, 1.82) is 0 Å². The third-order valence-electron chi connectivity index (χ3n) is 2.82. The Bertz CT molecular complexity index is 596. The van der Waals surface area contributed by atoms with Crippen LogP contribution < -0.4 is 10.1 Å². The molecule has 0 spiro atoms. The van der Waals surface area contributed by atoms with Gasteiger partial charge in [0.1, 0.15) is 17.3 Å². The van der Waals surface area contributed by atoms with Gasteiger partial charge >= 0.3 is 0 Å². The summed E-state index contributed by atoms with van der Waals surface area (Å²) in [5.74, 6) is 0.480. The number of aliphatic hydroxyl groups is 1. The van der Waals surface area contributed by atoms with Gasteiger partial charge in [-0.1, -0.05) is 0 Å². The van der Waals surface area contributed by atoms with Gasteiger partial charge in [-0.15, -0.1) is 0 Å². The van der Waals surface area contributed by atoms with Crippen molar-refractivity contribution in [3.63, 3.8) is 0 Å². The van der Waals surface area contributed by atoms with Crippen molar-refractivity contribution in [3.05, 3.63) is 59.9 Å². The molecule has 21 heavy (non-hydrogen) atoms. The van der Waals surface area contributed by atoms with Gasteiger partial charge < -0.3 is 15.2 Å². The molecule has 2 aromatic rings. The van der Waals surface area contributed by atoms with E-state index in [0.29, 0.717) is 17.1 Å². The molecule has 0 radical (unpaired) electrons. The van der Waals surface area contributed by atoms with Gasteiger partial charge in [-0.05, 0) is 55.5 Å². The molecule has 0 bridgehead atoms. The number of amides is 1. The van der Waals surface area contributed by atoms with Crippen LogP contribution in [-0.2, 0) is 0 Å². The normalized spacial score (nSPS) is 11.8. The van der Waals surface area contributed by atoms with Gasteiger partial charge in [-0.2, -0.15) is 0 Å². The number of carbonyl (C=O) groups is 1. The lowest BCUT2D eigenvalue weighted by atomic mass is 10.2. The van der Waals surface area contributed by atoms with Crippen LogP contribution in [0.15, 0.2) is 48.5 Å². The highest BCUT2D eigenvalue weighted by Crippen LogP contribution is 2.21. The molecule has 1 amide bonds. The molecule has 0 saturated heterocycles. The van der Waals surface area contributed by atoms with Crippen LogP contribution in [0.2, 0.25) is 0 Å². The molecule has 0 aliphatic heterocycles. The molecule has 110 valence electrons. The van der Waals surface area contributed by atoms with Crippen molar-refractivity contribution < 1.29 is 19.0 Å². The molecular formula is C16H16FNO3. The number of benzene rings is 2. The Morgan fingerprint density at radius 3 is 2.19 bits per heavy atom. The highest BCUT2D eigenvalue weighted by atomic mass is 19.1. The van der Waals surface area contributed by atoms with E-state index in [-0.39, 0.29) is 24.4 Å². The summed E-state index contributed by atoms with van der Waals surface area (Å²) in [6, 6.07) is 11.9. The number of rotatable bonds is 5. The van der Waals surface area contributed by atoms with Crippen molar-refractivity contribution in [2.24, 2.45) is 0 Å². The first-order chi connectivity index (χ1) is 10.1. The van der Waals surface area contributed by atoms with Gasteiger partial charge in [0.15, 0.2) is 0 Å². The number of nitrogens with one attached hydrogen (secondary N) is 1. The molecule has 1 atom stereocenters. The second-order valence-corrected chi connectivity index (χ2v) is 4.64. The highest BCUT2D eigenvalue weighted by Gasteiger charge is 2.09. The Morgan fingerprint density at radius 2 is 1.67 bits per heavy atom. The molecular weight excluding hydrogens is 273 g/mol. The minimum Gasteiger partial charge on any atom is -0.457 e. The van der Waals surface area contributed by atoms with E-state index in [0.717, 1.165) is 0 Å². The zero-order chi connectivity index (χ0) is 15.2. The molecule has 0 heterocycles. The first-order valence-electron chi connectivity index (χ1n) is 6.53. The molecule has 0 fully saturated rings. The topological polar surface area (TPSA) is 58.6 Å². The third-order valence-corrected chi connectivity index (χ3v) is 2.82. The predicted octanol–water partition coefficient (Wildman–Crippen LogP) is 2.73. The minimum absolute atomic E-state index is 0.114. The standard InChI is InChI=1S/C16H16FNO3/c1-11(10-19)18-16(20)12-2-6-14(7-3-12)21-15-8-4-13(17)5-9-15/h2-9,11,19H,10H2,1H3,(H,18,20). The van der Waals surface area contributed by atoms with Crippen LogP contribution in [0.3, 0.4) is 0 Å². The molecule has 0 aromatic heterocycles. The van der Waals surface area contributed by atoms with Crippen LogP contribution >= 0.6 is 0 Å². The fourth-order valence-corrected chi connectivity index (χ4v) is 1.67. The van der Waals surface area contributed by atoms with Gasteiger partial charge in [-0.25, -0.2) is 4.39 Å². The van der Waals surface area contributed by atoms with Gasteiger partial charge in [-0.3, -0.25) is 4.79 Å². The molecule has 5 heteroatoms. The minimum atomic E-state index is -0.327. The quantitative estimate of drug-likeness (QED) is 0.889. The number of hydrogen-bond acceptors (Lipinski definition) is 3. The fourth-order valence-electron chi connectivity index (χ4n) is 1.67. The van der Waals surface area contributed by atoms with Crippen LogP contribution in [0.1, 0.15) is 17.3 Å². The summed E-state index contributed by atoms with van der Waals surface area (Å²) in [4.78, 5) is 11.8. The molecule has 0 aliphatic rings. The Kier molecular flexibility index (Phi) is 4.90. The predicted molar refractivity (Wildman–Crippen MR) is 76.9 cm³/mol. The smallest absolute Gasteiger partial charge is 0.251 e. The van der Waals surface area contributed by atoms with Gasteiger partial charge in [0.05, 0.1) is 6.61 Å². The van der Waals surface area contributed by atoms with Crippen LogP contribution in [0.5, 0.6) is 11.5 Å². The van der Waals surface area contributed by atoms with Crippen LogP contribution in [0.25, 0.3) is 0 Å². The SMILES string of the molecule is CC(CO)NC(=O)c1ccc(Oc2ccc(F)cc2)cc1. The number of ether oxygens (including phenoxy) is 1. The molecule has 2 aromatic carbocycles. The maximum absolute atomic E-state index is 12.8. The van der Waals surface area contributed by atoms with E-state index in [1.807, 2.05) is 0 Å². The lowest BCUT2D eigenvalue weighted by molar-refractivity contribution is 0.0922. The molecule has 0 saturated carbocycles. The van der Waals surface area contributed by atoms with Crippen LogP contribution in [0.4, 0.5) is 4.39 Å². The third kappa shape index (κ3) is 4.29. The Balaban J connectivity index is 2.01. The summed E-state index contributed by atoms with van der Waals surface area (Å²) in [7, 11) is 0. The Morgan fingerprint density at radius 1 is 1.14 bits per heavy atom. The van der Waals surface area contributed by atoms with Gasteiger partial charge in [0, 0.05) is 11.6 Å². The van der Waals surface area contributed by atoms with Crippen LogP contribution in [0, 0.1) is 5.82 Å². The zero-order valence-electron chi connectivity index (χ0n) is 11.5. The fraction of sp³-hybridized carbons (Fsp3) is 0.188. The molecule has 2 N–H and O–H groups in total. The summed E-state index contributed by atoms with van der Waals surface area (Å²) >= 11 is 0. The second kappa shape index (κ2) is 6.85. The largest absolute Gasteiger partial charge is 0.457 e. The van der Waals surface area contributed by atoms with Crippen molar-refractivity contribution in [2.75, 3.05) is 6.61 Å². The van der Waals surface area contributed by atoms with Crippen LogP contribution in [-0.4, -0.2) is 23.7 Å². The average Bonchev–Trinajstić information content (AvgIpc) is 2.50. The van der Waals surface area contributed by atoms with E-state index in [9.17, 15) is 9.18 Å². The summed E-state index contributed by atoms with van der Waals surface area (Å²) in [6.45, 7) is 1.60. The second-order valence-electron chi connectivity index (χ2n) is 4.64. The van der Waals surface area contributed by atoms with Crippen molar-refractivity contribution >= 4 is 5.91 Å². The summed E-state index contributed by atoms with van der Waals surface area (Å²) in [5, 5.41) is 11.5. The lowest BCUT2D eigenvalue weighted by Gasteiger charge is -2.11. The maximum atomic E-state index is 12.8. The highest BCUT2D eigenvalue weighted by molar-refractivity contribution is 5.94. The summed E-state index contributed by atoms with van der Waals surface area (Å²) < 4.78 is 18.3. The van der Waals surface area contributed by atoms with Crippen molar-refractivity contribution in [3.8, 4) is 11.5 Å². The molecule has 2 rings (SSSR count). The van der Waals surface area contributed by atoms with Crippen molar-refractivity contribution in [2.45, 2.75) is 13.0 Å². The number of halogens is 1. The Hall–Kier alpha value is -2.40. The monoisotopic (exact) mass is 289 g/mol. The zero-order valence-corrected chi connectivity index (χ0v) is 11.5. The summed E-state index contributed by atoms with van der Waals surface area (Å²) in [5.41, 5.74) is 0.474. The van der Waals surface area contributed by atoms with Crippen molar-refractivity contribution in [1.82, 2.24) is 5.32 Å². The number of carbonyl (C=O) groups excluding carboxylic acids is 1. The van der Waals surface area contributed by atoms with E-state index >= 15 is 0 Å². The lowest BCUT2D eigenvalue weighted by Crippen LogP contribution is -2.34. The molecule has 0 aliphatic carbocycles. The van der Waals surface area contributed by atoms with E-state index in [2.05, 4.69) is 5.32 Å². The average molecular weight is 289 g/mol. The maximum Gasteiger partial charge on any atom is 0.251 e. The van der Waals surface area contributed by atoms with Gasteiger partial charge in [0.25, 0.3) is 5.91 Å². The molecule has 4 nitrogen and oxygen atoms in total. The number of aliphatic hydroxyl groups excluding tert-OH is 1. The molecule has 1 unspecified atom stereocenters.